The van der Waals surface area contributed by atoms with Gasteiger partial charge in [-0.1, -0.05) is 5.16 Å². The van der Waals surface area contributed by atoms with Crippen LogP contribution in [-0.2, 0) is 13.1 Å². The van der Waals surface area contributed by atoms with Gasteiger partial charge in [-0.05, 0) is 47.6 Å². The van der Waals surface area contributed by atoms with E-state index >= 15 is 0 Å². The van der Waals surface area contributed by atoms with Crippen molar-refractivity contribution in [1.82, 2.24) is 4.90 Å². The van der Waals surface area contributed by atoms with Gasteiger partial charge in [0.2, 0.25) is 0 Å². The molecule has 5 nitrogen and oxygen atoms in total. The third-order valence-corrected chi connectivity index (χ3v) is 3.89. The van der Waals surface area contributed by atoms with E-state index in [1.54, 1.807) is 24.5 Å². The molecule has 6 heteroatoms. The summed E-state index contributed by atoms with van der Waals surface area (Å²) in [6.07, 6.45) is 0. The van der Waals surface area contributed by atoms with Crippen LogP contribution in [0.25, 0.3) is 0 Å². The molecule has 2 rings (SSSR count). The van der Waals surface area contributed by atoms with Gasteiger partial charge >= 0.3 is 0 Å². The van der Waals surface area contributed by atoms with Crippen molar-refractivity contribution in [1.29, 1.82) is 0 Å². The molecule has 1 aromatic carbocycles. The number of thiophene rings is 1. The van der Waals surface area contributed by atoms with Gasteiger partial charge in [0.25, 0.3) is 0 Å². The molecule has 0 bridgehead atoms. The van der Waals surface area contributed by atoms with Gasteiger partial charge in [-0.25, -0.2) is 0 Å². The Morgan fingerprint density at radius 1 is 1.38 bits per heavy atom. The number of amidine groups is 1. The Labute approximate surface area is 128 Å². The van der Waals surface area contributed by atoms with Crippen molar-refractivity contribution < 1.29 is 9.94 Å². The summed E-state index contributed by atoms with van der Waals surface area (Å²) in [6, 6.07) is 7.61. The first-order valence-corrected chi connectivity index (χ1v) is 7.42. The fourth-order valence-electron chi connectivity index (χ4n) is 2.16. The molecule has 21 heavy (non-hydrogen) atoms. The van der Waals surface area contributed by atoms with E-state index in [2.05, 4.69) is 26.9 Å². The van der Waals surface area contributed by atoms with Gasteiger partial charge in [0.1, 0.15) is 5.75 Å². The molecule has 0 aliphatic rings. The highest BCUT2D eigenvalue weighted by Gasteiger charge is 2.10. The van der Waals surface area contributed by atoms with E-state index < -0.39 is 0 Å². The van der Waals surface area contributed by atoms with Crippen LogP contribution < -0.4 is 10.5 Å². The molecular weight excluding hydrogens is 286 g/mol. The molecule has 0 saturated heterocycles. The summed E-state index contributed by atoms with van der Waals surface area (Å²) in [5.74, 6) is 0.890. The fourth-order valence-corrected chi connectivity index (χ4v) is 2.82. The smallest absolute Gasteiger partial charge is 0.170 e. The Morgan fingerprint density at radius 2 is 2.19 bits per heavy atom. The SMILES string of the molecule is COc1ccc(/C(N)=N/O)cc1CN(C)Cc1ccsc1. The Hall–Kier alpha value is -2.05. The molecule has 0 radical (unpaired) electrons. The molecule has 0 atom stereocenters. The Bertz CT molecular complexity index is 611. The number of methoxy groups -OCH3 is 1. The van der Waals surface area contributed by atoms with E-state index in [1.807, 2.05) is 19.2 Å². The average Bonchev–Trinajstić information content (AvgIpc) is 2.99. The maximum absolute atomic E-state index is 8.78. The third-order valence-electron chi connectivity index (χ3n) is 3.16. The van der Waals surface area contributed by atoms with Crippen LogP contribution in [0.15, 0.2) is 40.2 Å². The van der Waals surface area contributed by atoms with Crippen molar-refractivity contribution in [2.24, 2.45) is 10.9 Å². The normalized spacial score (nSPS) is 11.9. The molecule has 0 amide bonds. The van der Waals surface area contributed by atoms with Crippen LogP contribution in [0.2, 0.25) is 0 Å². The van der Waals surface area contributed by atoms with Gasteiger partial charge in [0, 0.05) is 24.2 Å². The minimum Gasteiger partial charge on any atom is -0.496 e. The zero-order chi connectivity index (χ0) is 15.2. The second kappa shape index (κ2) is 7.10. The molecular formula is C15H19N3O2S. The van der Waals surface area contributed by atoms with Crippen molar-refractivity contribution in [3.63, 3.8) is 0 Å². The summed E-state index contributed by atoms with van der Waals surface area (Å²) in [7, 11) is 3.69. The van der Waals surface area contributed by atoms with Crippen LogP contribution in [0.1, 0.15) is 16.7 Å². The standard InChI is InChI=1S/C15H19N3O2S/c1-18(8-11-5-6-21-10-11)9-13-7-12(15(16)17-19)3-4-14(13)20-2/h3-7,10,19H,8-9H2,1-2H3,(H2,16,17). The highest BCUT2D eigenvalue weighted by molar-refractivity contribution is 7.07. The van der Waals surface area contributed by atoms with Gasteiger partial charge in [-0.3, -0.25) is 4.90 Å². The maximum atomic E-state index is 8.78. The number of ether oxygens (including phenoxy) is 1. The summed E-state index contributed by atoms with van der Waals surface area (Å²) in [5.41, 5.74) is 8.61. The monoisotopic (exact) mass is 305 g/mol. The molecule has 0 spiro atoms. The summed E-state index contributed by atoms with van der Waals surface area (Å²) in [4.78, 5) is 2.19. The highest BCUT2D eigenvalue weighted by atomic mass is 32.1. The number of hydrogen-bond donors (Lipinski definition) is 2. The first kappa shape index (κ1) is 15.3. The first-order chi connectivity index (χ1) is 10.1. The molecule has 0 aliphatic heterocycles. The molecule has 1 heterocycles. The third kappa shape index (κ3) is 3.96. The lowest BCUT2D eigenvalue weighted by molar-refractivity contribution is 0.310. The summed E-state index contributed by atoms with van der Waals surface area (Å²) in [5, 5.41) is 16.0. The predicted molar refractivity (Wildman–Crippen MR) is 85.0 cm³/mol. The zero-order valence-electron chi connectivity index (χ0n) is 12.1. The second-order valence-electron chi connectivity index (χ2n) is 4.82. The van der Waals surface area contributed by atoms with Crippen LogP contribution in [-0.4, -0.2) is 30.1 Å². The maximum Gasteiger partial charge on any atom is 0.170 e. The quantitative estimate of drug-likeness (QED) is 0.372. The molecule has 0 unspecified atom stereocenters. The number of rotatable bonds is 6. The summed E-state index contributed by atoms with van der Waals surface area (Å²) in [6.45, 7) is 1.58. The van der Waals surface area contributed by atoms with E-state index in [1.165, 1.54) is 5.56 Å². The van der Waals surface area contributed by atoms with Crippen LogP contribution >= 0.6 is 11.3 Å². The Kier molecular flexibility index (Phi) is 5.19. The average molecular weight is 305 g/mol. The minimum atomic E-state index is 0.0967. The number of oxime groups is 1. The fraction of sp³-hybridized carbons (Fsp3) is 0.267. The topological polar surface area (TPSA) is 71.1 Å². The lowest BCUT2D eigenvalue weighted by Crippen LogP contribution is -2.19. The molecule has 0 aliphatic carbocycles. The van der Waals surface area contributed by atoms with Crippen LogP contribution in [0.5, 0.6) is 5.75 Å². The zero-order valence-corrected chi connectivity index (χ0v) is 12.9. The van der Waals surface area contributed by atoms with Crippen LogP contribution in [0.4, 0.5) is 0 Å². The van der Waals surface area contributed by atoms with Gasteiger partial charge < -0.3 is 15.7 Å². The molecule has 0 fully saturated rings. The van der Waals surface area contributed by atoms with E-state index in [4.69, 9.17) is 15.7 Å². The first-order valence-electron chi connectivity index (χ1n) is 6.48. The molecule has 1 aromatic heterocycles. The largest absolute Gasteiger partial charge is 0.496 e. The molecule has 0 saturated carbocycles. The highest BCUT2D eigenvalue weighted by Crippen LogP contribution is 2.22. The van der Waals surface area contributed by atoms with E-state index in [0.29, 0.717) is 12.1 Å². The number of nitrogens with zero attached hydrogens (tertiary/aromatic N) is 2. The predicted octanol–water partition coefficient (Wildman–Crippen LogP) is 2.48. The lowest BCUT2D eigenvalue weighted by atomic mass is 10.1. The van der Waals surface area contributed by atoms with Crippen molar-refractivity contribution in [2.45, 2.75) is 13.1 Å². The number of hydrogen-bond acceptors (Lipinski definition) is 5. The van der Waals surface area contributed by atoms with Gasteiger partial charge in [0.15, 0.2) is 5.84 Å². The molecule has 112 valence electrons. The van der Waals surface area contributed by atoms with Crippen LogP contribution in [0, 0.1) is 0 Å². The van der Waals surface area contributed by atoms with Crippen molar-refractivity contribution in [3.8, 4) is 5.75 Å². The Balaban J connectivity index is 2.16. The van der Waals surface area contributed by atoms with Crippen molar-refractivity contribution in [3.05, 3.63) is 51.7 Å². The van der Waals surface area contributed by atoms with Crippen LogP contribution in [0.3, 0.4) is 0 Å². The summed E-state index contributed by atoms with van der Waals surface area (Å²) < 4.78 is 5.38. The lowest BCUT2D eigenvalue weighted by Gasteiger charge is -2.18. The van der Waals surface area contributed by atoms with E-state index in [9.17, 15) is 0 Å². The second-order valence-corrected chi connectivity index (χ2v) is 5.60. The number of benzene rings is 1. The van der Waals surface area contributed by atoms with Gasteiger partial charge in [-0.15, -0.1) is 0 Å². The van der Waals surface area contributed by atoms with E-state index in [-0.39, 0.29) is 5.84 Å². The minimum absolute atomic E-state index is 0.0967. The summed E-state index contributed by atoms with van der Waals surface area (Å²) >= 11 is 1.69. The van der Waals surface area contributed by atoms with Gasteiger partial charge in [0.05, 0.1) is 7.11 Å². The Morgan fingerprint density at radius 3 is 2.81 bits per heavy atom. The van der Waals surface area contributed by atoms with Crippen molar-refractivity contribution in [2.75, 3.05) is 14.2 Å². The van der Waals surface area contributed by atoms with Crippen molar-refractivity contribution >= 4 is 17.2 Å². The molecule has 3 N–H and O–H groups in total. The molecule has 2 aromatic rings. The van der Waals surface area contributed by atoms with Gasteiger partial charge in [-0.2, -0.15) is 11.3 Å². The van der Waals surface area contributed by atoms with E-state index in [0.717, 1.165) is 17.9 Å². The number of nitrogens with two attached hydrogens (primary N) is 1.